The molecule has 0 aromatic heterocycles. The Morgan fingerprint density at radius 1 is 0.400 bits per heavy atom. The van der Waals surface area contributed by atoms with Crippen LogP contribution in [0.3, 0.4) is 0 Å². The summed E-state index contributed by atoms with van der Waals surface area (Å²) in [6, 6.07) is 0. The second-order valence-electron chi connectivity index (χ2n) is 5.89. The molecule has 0 nitrogen and oxygen atoms in total. The van der Waals surface area contributed by atoms with Gasteiger partial charge in [-0.05, 0) is 12.8 Å². The molecule has 2 heteroatoms. The van der Waals surface area contributed by atoms with Gasteiger partial charge in [0.2, 0.25) is 0 Å². The van der Waals surface area contributed by atoms with E-state index in [1.54, 1.807) is 0 Å². The smallest absolute Gasteiger partial charge is 0.00369 e. The van der Waals surface area contributed by atoms with Crippen molar-refractivity contribution in [1.29, 1.82) is 0 Å². The van der Waals surface area contributed by atoms with E-state index >= 15 is 0 Å². The normalized spacial score (nSPS) is 11.1. The minimum atomic E-state index is 1.36. The maximum absolute atomic E-state index is 2.29. The summed E-state index contributed by atoms with van der Waals surface area (Å²) in [4.78, 5) is 0. The fourth-order valence-corrected chi connectivity index (χ4v) is 4.65. The first kappa shape index (κ1) is 20.7. The lowest BCUT2D eigenvalue weighted by Gasteiger charge is -2.03. The second-order valence-corrected chi connectivity index (χ2v) is 8.59. The summed E-state index contributed by atoms with van der Waals surface area (Å²) in [6.07, 6.45) is 20.1. The SMILES string of the molecule is CCCCCCCCCCSSCCCCCCCC. The first-order valence-electron chi connectivity index (χ1n) is 9.16. The highest BCUT2D eigenvalue weighted by molar-refractivity contribution is 8.76. The summed E-state index contributed by atoms with van der Waals surface area (Å²) in [5, 5.41) is 0. The van der Waals surface area contributed by atoms with Crippen LogP contribution < -0.4 is 0 Å². The monoisotopic (exact) mass is 318 g/mol. The average Bonchev–Trinajstić information content (AvgIpc) is 2.47. The maximum Gasteiger partial charge on any atom is 0.00369 e. The van der Waals surface area contributed by atoms with Gasteiger partial charge in [0.25, 0.3) is 0 Å². The van der Waals surface area contributed by atoms with Crippen LogP contribution in [0.4, 0.5) is 0 Å². The van der Waals surface area contributed by atoms with E-state index < -0.39 is 0 Å². The molecule has 0 saturated carbocycles. The molecule has 20 heavy (non-hydrogen) atoms. The van der Waals surface area contributed by atoms with E-state index in [0.717, 1.165) is 0 Å². The topological polar surface area (TPSA) is 0 Å². The van der Waals surface area contributed by atoms with Gasteiger partial charge in [-0.2, -0.15) is 0 Å². The molecule has 0 heterocycles. The molecule has 0 spiro atoms. The van der Waals surface area contributed by atoms with Gasteiger partial charge in [0, 0.05) is 11.5 Å². The Hall–Kier alpha value is 0.700. The molecule has 0 radical (unpaired) electrons. The number of hydrogen-bond acceptors (Lipinski definition) is 2. The number of rotatable bonds is 17. The lowest BCUT2D eigenvalue weighted by molar-refractivity contribution is 0.586. The second kappa shape index (κ2) is 19.7. The minimum absolute atomic E-state index is 1.36. The van der Waals surface area contributed by atoms with E-state index in [2.05, 4.69) is 35.4 Å². The maximum atomic E-state index is 2.29. The van der Waals surface area contributed by atoms with Gasteiger partial charge >= 0.3 is 0 Å². The van der Waals surface area contributed by atoms with Crippen molar-refractivity contribution in [3.63, 3.8) is 0 Å². The zero-order valence-electron chi connectivity index (χ0n) is 14.1. The molecule has 0 saturated heterocycles. The van der Waals surface area contributed by atoms with Gasteiger partial charge in [-0.25, -0.2) is 0 Å². The highest BCUT2D eigenvalue weighted by Crippen LogP contribution is 2.24. The Morgan fingerprint density at radius 2 is 0.700 bits per heavy atom. The molecule has 0 bridgehead atoms. The Morgan fingerprint density at radius 3 is 1.05 bits per heavy atom. The molecule has 0 aliphatic rings. The molecular weight excluding hydrogens is 280 g/mol. The quantitative estimate of drug-likeness (QED) is 0.198. The molecule has 0 unspecified atom stereocenters. The van der Waals surface area contributed by atoms with Crippen molar-refractivity contribution in [2.45, 2.75) is 104 Å². The molecule has 0 atom stereocenters. The first-order valence-corrected chi connectivity index (χ1v) is 11.6. The van der Waals surface area contributed by atoms with E-state index in [0.29, 0.717) is 0 Å². The van der Waals surface area contributed by atoms with Gasteiger partial charge < -0.3 is 0 Å². The first-order chi connectivity index (χ1) is 9.91. The highest BCUT2D eigenvalue weighted by Gasteiger charge is 1.94. The lowest BCUT2D eigenvalue weighted by atomic mass is 10.1. The van der Waals surface area contributed by atoms with E-state index in [9.17, 15) is 0 Å². The van der Waals surface area contributed by atoms with Crippen molar-refractivity contribution in [3.05, 3.63) is 0 Å². The summed E-state index contributed by atoms with van der Waals surface area (Å²) in [7, 11) is 4.22. The standard InChI is InChI=1S/C18H38S2/c1-3-5-7-9-11-12-14-16-18-20-19-17-15-13-10-8-6-4-2/h3-18H2,1-2H3. The van der Waals surface area contributed by atoms with Gasteiger partial charge in [-0.3, -0.25) is 0 Å². The molecule has 0 amide bonds. The lowest BCUT2D eigenvalue weighted by Crippen LogP contribution is -1.83. The summed E-state index contributed by atoms with van der Waals surface area (Å²) < 4.78 is 0. The molecule has 0 aliphatic heterocycles. The Bertz CT molecular complexity index is 141. The summed E-state index contributed by atoms with van der Waals surface area (Å²) in [6.45, 7) is 4.58. The van der Waals surface area contributed by atoms with Gasteiger partial charge in [-0.1, -0.05) is 112 Å². The van der Waals surface area contributed by atoms with Crippen LogP contribution in [-0.2, 0) is 0 Å². The number of unbranched alkanes of at least 4 members (excludes halogenated alkanes) is 12. The summed E-state index contributed by atoms with van der Waals surface area (Å²) in [5.74, 6) is 2.74. The van der Waals surface area contributed by atoms with Crippen LogP contribution >= 0.6 is 21.6 Å². The Labute approximate surface area is 137 Å². The summed E-state index contributed by atoms with van der Waals surface area (Å²) in [5.41, 5.74) is 0. The van der Waals surface area contributed by atoms with Crippen LogP contribution in [0.25, 0.3) is 0 Å². The van der Waals surface area contributed by atoms with Crippen LogP contribution in [0, 0.1) is 0 Å². The van der Waals surface area contributed by atoms with Crippen LogP contribution in [0.5, 0.6) is 0 Å². The number of hydrogen-bond donors (Lipinski definition) is 0. The fraction of sp³-hybridized carbons (Fsp3) is 1.00. The van der Waals surface area contributed by atoms with Gasteiger partial charge in [0.1, 0.15) is 0 Å². The zero-order chi connectivity index (χ0) is 14.7. The third-order valence-electron chi connectivity index (χ3n) is 3.75. The van der Waals surface area contributed by atoms with Gasteiger partial charge in [0.15, 0.2) is 0 Å². The van der Waals surface area contributed by atoms with Crippen molar-refractivity contribution in [1.82, 2.24) is 0 Å². The van der Waals surface area contributed by atoms with Crippen LogP contribution in [0.1, 0.15) is 104 Å². The van der Waals surface area contributed by atoms with Crippen molar-refractivity contribution in [3.8, 4) is 0 Å². The van der Waals surface area contributed by atoms with Crippen molar-refractivity contribution >= 4 is 21.6 Å². The Kier molecular flexibility index (Phi) is 20.4. The van der Waals surface area contributed by atoms with Crippen molar-refractivity contribution < 1.29 is 0 Å². The third-order valence-corrected chi connectivity index (χ3v) is 6.32. The van der Waals surface area contributed by atoms with Crippen molar-refractivity contribution in [2.24, 2.45) is 0 Å². The minimum Gasteiger partial charge on any atom is -0.0942 e. The molecular formula is C18H38S2. The predicted octanol–water partition coefficient (Wildman–Crippen LogP) is 7.87. The van der Waals surface area contributed by atoms with E-state index in [-0.39, 0.29) is 0 Å². The third kappa shape index (κ3) is 18.7. The molecule has 122 valence electrons. The molecule has 0 aromatic carbocycles. The van der Waals surface area contributed by atoms with Gasteiger partial charge in [0.05, 0.1) is 0 Å². The highest BCUT2D eigenvalue weighted by atomic mass is 33.1. The summed E-state index contributed by atoms with van der Waals surface area (Å²) >= 11 is 0. The molecule has 0 N–H and O–H groups in total. The average molecular weight is 319 g/mol. The molecule has 0 fully saturated rings. The van der Waals surface area contributed by atoms with Gasteiger partial charge in [-0.15, -0.1) is 0 Å². The van der Waals surface area contributed by atoms with Crippen LogP contribution in [-0.4, -0.2) is 11.5 Å². The van der Waals surface area contributed by atoms with Crippen LogP contribution in [0.2, 0.25) is 0 Å². The predicted molar refractivity (Wildman–Crippen MR) is 101 cm³/mol. The van der Waals surface area contributed by atoms with E-state index in [1.807, 2.05) is 0 Å². The zero-order valence-corrected chi connectivity index (χ0v) is 15.8. The van der Waals surface area contributed by atoms with Crippen LogP contribution in [0.15, 0.2) is 0 Å². The molecule has 0 aliphatic carbocycles. The Balaban J connectivity index is 2.89. The van der Waals surface area contributed by atoms with E-state index in [4.69, 9.17) is 0 Å². The van der Waals surface area contributed by atoms with Crippen molar-refractivity contribution in [2.75, 3.05) is 11.5 Å². The van der Waals surface area contributed by atoms with E-state index in [1.165, 1.54) is 101 Å². The largest absolute Gasteiger partial charge is 0.0942 e. The fourth-order valence-electron chi connectivity index (χ4n) is 2.35. The molecule has 0 aromatic rings. The molecule has 0 rings (SSSR count).